The molecule has 0 radical (unpaired) electrons. The number of likely N-dealkylation sites (N-methyl/N-ethyl adjacent to an activating group) is 1. The van der Waals surface area contributed by atoms with Gasteiger partial charge in [-0.15, -0.1) is 6.58 Å². The number of benzene rings is 1. The molecule has 1 saturated heterocycles. The molecule has 1 aliphatic heterocycles. The lowest BCUT2D eigenvalue weighted by molar-refractivity contribution is 0.205. The van der Waals surface area contributed by atoms with E-state index in [9.17, 15) is 0 Å². The Hall–Kier alpha value is -1.12. The molecule has 1 fully saturated rings. The Kier molecular flexibility index (Phi) is 4.35. The lowest BCUT2D eigenvalue weighted by atomic mass is 10.0. The fourth-order valence-corrected chi connectivity index (χ4v) is 2.75. The van der Waals surface area contributed by atoms with Crippen LogP contribution in [0.15, 0.2) is 43.0 Å². The van der Waals surface area contributed by atoms with Crippen LogP contribution in [0.5, 0.6) is 0 Å². The molecule has 1 aromatic carbocycles. The summed E-state index contributed by atoms with van der Waals surface area (Å²) in [5.41, 5.74) is 1.40. The van der Waals surface area contributed by atoms with Crippen LogP contribution in [0.3, 0.4) is 0 Å². The number of nitrogens with one attached hydrogen (secondary N) is 1. The van der Waals surface area contributed by atoms with Crippen LogP contribution in [-0.2, 0) is 0 Å². The van der Waals surface area contributed by atoms with E-state index >= 15 is 0 Å². The molecule has 2 unspecified atom stereocenters. The third kappa shape index (κ3) is 2.76. The highest BCUT2D eigenvalue weighted by molar-refractivity contribution is 5.20. The van der Waals surface area contributed by atoms with Crippen LogP contribution in [0.1, 0.15) is 24.4 Å². The van der Waals surface area contributed by atoms with Crippen molar-refractivity contribution in [1.29, 1.82) is 0 Å². The summed E-state index contributed by atoms with van der Waals surface area (Å²) < 4.78 is 0. The number of rotatable bonds is 5. The Morgan fingerprint density at radius 3 is 2.88 bits per heavy atom. The van der Waals surface area contributed by atoms with E-state index in [1.807, 2.05) is 7.05 Å². The predicted octanol–water partition coefficient (Wildman–Crippen LogP) is 2.60. The second-order valence-electron chi connectivity index (χ2n) is 4.67. The van der Waals surface area contributed by atoms with Crippen LogP contribution < -0.4 is 5.32 Å². The van der Waals surface area contributed by atoms with Crippen molar-refractivity contribution in [3.8, 4) is 0 Å². The van der Waals surface area contributed by atoms with E-state index in [1.54, 1.807) is 0 Å². The number of likely N-dealkylation sites (tertiary alicyclic amines) is 1. The molecular formula is C15H22N2. The predicted molar refractivity (Wildman–Crippen MR) is 73.0 cm³/mol. The van der Waals surface area contributed by atoms with Gasteiger partial charge in [0.25, 0.3) is 0 Å². The molecule has 1 aromatic rings. The topological polar surface area (TPSA) is 15.3 Å². The average Bonchev–Trinajstić information content (AvgIpc) is 2.85. The Balaban J connectivity index is 2.19. The van der Waals surface area contributed by atoms with E-state index in [-0.39, 0.29) is 0 Å². The minimum absolute atomic E-state index is 0.465. The molecule has 2 rings (SSSR count). The fraction of sp³-hybridized carbons (Fsp3) is 0.467. The summed E-state index contributed by atoms with van der Waals surface area (Å²) in [5, 5.41) is 3.31. The smallest absolute Gasteiger partial charge is 0.0478 e. The van der Waals surface area contributed by atoms with Crippen LogP contribution in [0.25, 0.3) is 0 Å². The molecule has 2 nitrogen and oxygen atoms in total. The van der Waals surface area contributed by atoms with Crippen LogP contribution in [0.2, 0.25) is 0 Å². The molecule has 0 saturated carbocycles. The third-order valence-corrected chi connectivity index (χ3v) is 3.60. The summed E-state index contributed by atoms with van der Waals surface area (Å²) in [7, 11) is 2.02. The van der Waals surface area contributed by atoms with E-state index < -0.39 is 0 Å². The van der Waals surface area contributed by atoms with Crippen molar-refractivity contribution in [3.63, 3.8) is 0 Å². The Morgan fingerprint density at radius 2 is 2.24 bits per heavy atom. The summed E-state index contributed by atoms with van der Waals surface area (Å²) >= 11 is 0. The fourth-order valence-electron chi connectivity index (χ4n) is 2.75. The van der Waals surface area contributed by atoms with Gasteiger partial charge in [0.2, 0.25) is 0 Å². The van der Waals surface area contributed by atoms with Gasteiger partial charge in [0.1, 0.15) is 0 Å². The van der Waals surface area contributed by atoms with Gasteiger partial charge >= 0.3 is 0 Å². The van der Waals surface area contributed by atoms with E-state index in [1.165, 1.54) is 24.9 Å². The maximum atomic E-state index is 3.97. The van der Waals surface area contributed by atoms with Gasteiger partial charge < -0.3 is 5.32 Å². The van der Waals surface area contributed by atoms with Crippen LogP contribution in [-0.4, -0.2) is 31.1 Å². The zero-order chi connectivity index (χ0) is 12.1. The van der Waals surface area contributed by atoms with Gasteiger partial charge in [-0.3, -0.25) is 4.90 Å². The zero-order valence-corrected chi connectivity index (χ0v) is 10.6. The maximum absolute atomic E-state index is 3.97. The highest BCUT2D eigenvalue weighted by Gasteiger charge is 2.29. The first kappa shape index (κ1) is 12.3. The van der Waals surface area contributed by atoms with Gasteiger partial charge in [-0.1, -0.05) is 36.4 Å². The second kappa shape index (κ2) is 5.99. The molecule has 1 N–H and O–H groups in total. The number of hydrogen-bond acceptors (Lipinski definition) is 2. The summed E-state index contributed by atoms with van der Waals surface area (Å²) in [6, 6.07) is 11.8. The minimum Gasteiger partial charge on any atom is -0.318 e. The van der Waals surface area contributed by atoms with E-state index in [0.717, 1.165) is 6.54 Å². The lowest BCUT2D eigenvalue weighted by Crippen LogP contribution is -2.37. The molecule has 0 bridgehead atoms. The lowest BCUT2D eigenvalue weighted by Gasteiger charge is -2.32. The molecule has 0 spiro atoms. The van der Waals surface area contributed by atoms with Gasteiger partial charge in [-0.05, 0) is 32.0 Å². The SMILES string of the molecule is C=CC1CCCN1C(CNC)c1ccccc1. The zero-order valence-electron chi connectivity index (χ0n) is 10.6. The van der Waals surface area contributed by atoms with Crippen molar-refractivity contribution in [2.75, 3.05) is 20.1 Å². The van der Waals surface area contributed by atoms with Crippen molar-refractivity contribution in [1.82, 2.24) is 10.2 Å². The Labute approximate surface area is 104 Å². The van der Waals surface area contributed by atoms with Crippen molar-refractivity contribution in [3.05, 3.63) is 48.6 Å². The first-order valence-corrected chi connectivity index (χ1v) is 6.44. The largest absolute Gasteiger partial charge is 0.318 e. The molecular weight excluding hydrogens is 208 g/mol. The number of hydrogen-bond donors (Lipinski definition) is 1. The van der Waals surface area contributed by atoms with Gasteiger partial charge in [0, 0.05) is 18.6 Å². The quantitative estimate of drug-likeness (QED) is 0.782. The standard InChI is InChI=1S/C15H22N2/c1-3-14-10-7-11-17(14)15(12-16-2)13-8-5-4-6-9-13/h3-6,8-9,14-16H,1,7,10-12H2,2H3. The van der Waals surface area contributed by atoms with Crippen LogP contribution >= 0.6 is 0 Å². The van der Waals surface area contributed by atoms with E-state index in [0.29, 0.717) is 12.1 Å². The van der Waals surface area contributed by atoms with Gasteiger partial charge in [0.05, 0.1) is 0 Å². The molecule has 17 heavy (non-hydrogen) atoms. The summed E-state index contributed by atoms with van der Waals surface area (Å²) in [4.78, 5) is 2.57. The van der Waals surface area contributed by atoms with Crippen molar-refractivity contribution < 1.29 is 0 Å². The Bertz CT molecular complexity index is 347. The summed E-state index contributed by atoms with van der Waals surface area (Å²) in [5.74, 6) is 0. The minimum atomic E-state index is 0.465. The summed E-state index contributed by atoms with van der Waals surface area (Å²) in [6.07, 6.45) is 4.62. The molecule has 92 valence electrons. The number of nitrogens with zero attached hydrogens (tertiary/aromatic N) is 1. The molecule has 0 aliphatic carbocycles. The van der Waals surface area contributed by atoms with E-state index in [4.69, 9.17) is 0 Å². The monoisotopic (exact) mass is 230 g/mol. The van der Waals surface area contributed by atoms with Crippen LogP contribution in [0.4, 0.5) is 0 Å². The summed E-state index contributed by atoms with van der Waals surface area (Å²) in [6.45, 7) is 6.14. The van der Waals surface area contributed by atoms with Crippen molar-refractivity contribution in [2.45, 2.75) is 24.9 Å². The van der Waals surface area contributed by atoms with Gasteiger partial charge in [0.15, 0.2) is 0 Å². The molecule has 1 heterocycles. The van der Waals surface area contributed by atoms with Crippen molar-refractivity contribution >= 4 is 0 Å². The molecule has 1 aliphatic rings. The molecule has 2 atom stereocenters. The normalized spacial score (nSPS) is 22.5. The van der Waals surface area contributed by atoms with E-state index in [2.05, 4.69) is 53.2 Å². The first-order valence-electron chi connectivity index (χ1n) is 6.44. The average molecular weight is 230 g/mol. The molecule has 0 aromatic heterocycles. The third-order valence-electron chi connectivity index (χ3n) is 3.60. The highest BCUT2D eigenvalue weighted by atomic mass is 15.2. The van der Waals surface area contributed by atoms with Gasteiger partial charge in [-0.2, -0.15) is 0 Å². The van der Waals surface area contributed by atoms with Gasteiger partial charge in [-0.25, -0.2) is 0 Å². The molecule has 0 amide bonds. The second-order valence-corrected chi connectivity index (χ2v) is 4.67. The Morgan fingerprint density at radius 1 is 1.47 bits per heavy atom. The maximum Gasteiger partial charge on any atom is 0.0478 e. The molecule has 2 heteroatoms. The van der Waals surface area contributed by atoms with Crippen molar-refractivity contribution in [2.24, 2.45) is 0 Å². The van der Waals surface area contributed by atoms with Crippen LogP contribution in [0, 0.1) is 0 Å². The first-order chi connectivity index (χ1) is 8.36. The highest BCUT2D eigenvalue weighted by Crippen LogP contribution is 2.29.